The van der Waals surface area contributed by atoms with Crippen LogP contribution in [-0.2, 0) is 6.18 Å². The summed E-state index contributed by atoms with van der Waals surface area (Å²) in [5.74, 6) is 0. The Labute approximate surface area is 119 Å². The molecule has 1 aromatic rings. The predicted octanol–water partition coefficient (Wildman–Crippen LogP) is 5.46. The first-order valence-electron chi connectivity index (χ1n) is 6.47. The van der Waals surface area contributed by atoms with Crippen LogP contribution < -0.4 is 5.32 Å². The van der Waals surface area contributed by atoms with Gasteiger partial charge in [0.05, 0.1) is 5.56 Å². The quantitative estimate of drug-likeness (QED) is 0.770. The summed E-state index contributed by atoms with van der Waals surface area (Å²) in [6.07, 6.45) is 0.0786. The third-order valence-corrected chi connectivity index (χ3v) is 4.60. The Hall–Kier alpha value is -0.710. The van der Waals surface area contributed by atoms with Crippen molar-refractivity contribution >= 4 is 21.6 Å². The molecule has 0 unspecified atom stereocenters. The largest absolute Gasteiger partial charge is 0.418 e. The number of halogens is 4. The van der Waals surface area contributed by atoms with E-state index in [1.54, 1.807) is 0 Å². The van der Waals surface area contributed by atoms with Crippen LogP contribution in [0.2, 0.25) is 0 Å². The van der Waals surface area contributed by atoms with Gasteiger partial charge in [-0.05, 0) is 42.9 Å². The van der Waals surface area contributed by atoms with Crippen molar-refractivity contribution < 1.29 is 13.2 Å². The molecule has 2 rings (SSSR count). The average Bonchev–Trinajstić information content (AvgIpc) is 2.26. The molecule has 1 N–H and O–H groups in total. The second-order valence-electron chi connectivity index (χ2n) is 5.25. The van der Waals surface area contributed by atoms with Crippen LogP contribution in [0.5, 0.6) is 0 Å². The highest BCUT2D eigenvalue weighted by molar-refractivity contribution is 9.10. The molecule has 0 spiro atoms. The second kappa shape index (κ2) is 5.35. The molecule has 0 amide bonds. The molecule has 19 heavy (non-hydrogen) atoms. The van der Waals surface area contributed by atoms with E-state index in [1.165, 1.54) is 18.6 Å². The van der Waals surface area contributed by atoms with Gasteiger partial charge in [0.1, 0.15) is 0 Å². The molecule has 0 aromatic heterocycles. The van der Waals surface area contributed by atoms with Gasteiger partial charge in [0.25, 0.3) is 0 Å². The molecule has 0 saturated heterocycles. The standard InChI is InChI=1S/C14H17BrF3N/c1-2-13(6-3-7-13)9-19-12-8-10(15)4-5-11(12)14(16,17)18/h4-5,8,19H,2-3,6-7,9H2,1H3. The van der Waals surface area contributed by atoms with Crippen molar-refractivity contribution in [2.75, 3.05) is 11.9 Å². The van der Waals surface area contributed by atoms with E-state index in [2.05, 4.69) is 28.2 Å². The Morgan fingerprint density at radius 2 is 2.00 bits per heavy atom. The first-order chi connectivity index (χ1) is 8.86. The summed E-state index contributed by atoms with van der Waals surface area (Å²) in [6.45, 7) is 2.72. The van der Waals surface area contributed by atoms with E-state index in [9.17, 15) is 13.2 Å². The fourth-order valence-electron chi connectivity index (χ4n) is 2.52. The normalized spacial score (nSPS) is 17.9. The fourth-order valence-corrected chi connectivity index (χ4v) is 2.89. The van der Waals surface area contributed by atoms with Crippen molar-refractivity contribution in [3.8, 4) is 0 Å². The molecule has 106 valence electrons. The Morgan fingerprint density at radius 3 is 2.47 bits per heavy atom. The number of hydrogen-bond acceptors (Lipinski definition) is 1. The van der Waals surface area contributed by atoms with Crippen LogP contribution in [0.25, 0.3) is 0 Å². The molecule has 0 bridgehead atoms. The van der Waals surface area contributed by atoms with Gasteiger partial charge in [-0.15, -0.1) is 0 Å². The van der Waals surface area contributed by atoms with Crippen LogP contribution in [0.4, 0.5) is 18.9 Å². The van der Waals surface area contributed by atoms with Crippen molar-refractivity contribution in [1.82, 2.24) is 0 Å². The van der Waals surface area contributed by atoms with E-state index in [0.717, 1.165) is 25.3 Å². The lowest BCUT2D eigenvalue weighted by Gasteiger charge is -2.41. The fraction of sp³-hybridized carbons (Fsp3) is 0.571. The lowest BCUT2D eigenvalue weighted by Crippen LogP contribution is -2.36. The Kier molecular flexibility index (Phi) is 4.14. The van der Waals surface area contributed by atoms with Crippen molar-refractivity contribution in [2.24, 2.45) is 5.41 Å². The van der Waals surface area contributed by atoms with Gasteiger partial charge in [-0.3, -0.25) is 0 Å². The van der Waals surface area contributed by atoms with Gasteiger partial charge < -0.3 is 5.32 Å². The summed E-state index contributed by atoms with van der Waals surface area (Å²) in [4.78, 5) is 0. The SMILES string of the molecule is CCC1(CNc2cc(Br)ccc2C(F)(F)F)CCC1. The first kappa shape index (κ1) is 14.7. The maximum atomic E-state index is 12.9. The molecular formula is C14H17BrF3N. The van der Waals surface area contributed by atoms with Gasteiger partial charge in [-0.1, -0.05) is 29.3 Å². The summed E-state index contributed by atoms with van der Waals surface area (Å²) in [6, 6.07) is 4.05. The average molecular weight is 336 g/mol. The van der Waals surface area contributed by atoms with Crippen LogP contribution in [-0.4, -0.2) is 6.54 Å². The van der Waals surface area contributed by atoms with E-state index < -0.39 is 11.7 Å². The van der Waals surface area contributed by atoms with Crippen LogP contribution in [0, 0.1) is 5.41 Å². The van der Waals surface area contributed by atoms with E-state index in [1.807, 2.05) is 0 Å². The van der Waals surface area contributed by atoms with E-state index in [0.29, 0.717) is 11.0 Å². The van der Waals surface area contributed by atoms with E-state index in [4.69, 9.17) is 0 Å². The number of hydrogen-bond donors (Lipinski definition) is 1. The van der Waals surface area contributed by atoms with Crippen LogP contribution in [0.3, 0.4) is 0 Å². The maximum Gasteiger partial charge on any atom is 0.418 e. The highest BCUT2D eigenvalue weighted by atomic mass is 79.9. The second-order valence-corrected chi connectivity index (χ2v) is 6.16. The molecular weight excluding hydrogens is 319 g/mol. The molecule has 1 saturated carbocycles. The molecule has 1 aliphatic rings. The van der Waals surface area contributed by atoms with E-state index >= 15 is 0 Å². The summed E-state index contributed by atoms with van der Waals surface area (Å²) in [5, 5.41) is 3.00. The number of rotatable bonds is 4. The minimum Gasteiger partial charge on any atom is -0.384 e. The number of nitrogens with one attached hydrogen (secondary N) is 1. The molecule has 1 fully saturated rings. The smallest absolute Gasteiger partial charge is 0.384 e. The van der Waals surface area contributed by atoms with Gasteiger partial charge in [0, 0.05) is 16.7 Å². The molecule has 5 heteroatoms. The van der Waals surface area contributed by atoms with Crippen LogP contribution >= 0.6 is 15.9 Å². The first-order valence-corrected chi connectivity index (χ1v) is 7.26. The highest BCUT2D eigenvalue weighted by Crippen LogP contribution is 2.44. The Balaban J connectivity index is 2.17. The van der Waals surface area contributed by atoms with Crippen molar-refractivity contribution in [3.05, 3.63) is 28.2 Å². The lowest BCUT2D eigenvalue weighted by molar-refractivity contribution is -0.137. The molecule has 1 aliphatic carbocycles. The van der Waals surface area contributed by atoms with Crippen molar-refractivity contribution in [1.29, 1.82) is 0 Å². The highest BCUT2D eigenvalue weighted by Gasteiger charge is 2.37. The number of benzene rings is 1. The van der Waals surface area contributed by atoms with Crippen LogP contribution in [0.15, 0.2) is 22.7 Å². The molecule has 0 aliphatic heterocycles. The predicted molar refractivity (Wildman–Crippen MR) is 74.2 cm³/mol. The summed E-state index contributed by atoms with van der Waals surface area (Å²) < 4.78 is 39.4. The monoisotopic (exact) mass is 335 g/mol. The minimum atomic E-state index is -4.32. The topological polar surface area (TPSA) is 12.0 Å². The van der Waals surface area contributed by atoms with Gasteiger partial charge in [-0.2, -0.15) is 13.2 Å². The summed E-state index contributed by atoms with van der Waals surface area (Å²) >= 11 is 3.22. The zero-order valence-electron chi connectivity index (χ0n) is 10.8. The van der Waals surface area contributed by atoms with Gasteiger partial charge >= 0.3 is 6.18 Å². The zero-order chi connectivity index (χ0) is 14.1. The maximum absolute atomic E-state index is 12.9. The zero-order valence-corrected chi connectivity index (χ0v) is 12.4. The van der Waals surface area contributed by atoms with Crippen LogP contribution in [0.1, 0.15) is 38.2 Å². The third-order valence-electron chi connectivity index (χ3n) is 4.11. The van der Waals surface area contributed by atoms with Crippen molar-refractivity contribution in [2.45, 2.75) is 38.8 Å². The molecule has 0 atom stereocenters. The summed E-state index contributed by atoms with van der Waals surface area (Å²) in [7, 11) is 0. The number of anilines is 1. The Bertz CT molecular complexity index is 447. The lowest BCUT2D eigenvalue weighted by atomic mass is 9.67. The number of alkyl halides is 3. The third kappa shape index (κ3) is 3.25. The van der Waals surface area contributed by atoms with Gasteiger partial charge in [0.15, 0.2) is 0 Å². The molecule has 1 aromatic carbocycles. The van der Waals surface area contributed by atoms with Gasteiger partial charge in [0.2, 0.25) is 0 Å². The van der Waals surface area contributed by atoms with Crippen molar-refractivity contribution in [3.63, 3.8) is 0 Å². The molecule has 0 radical (unpaired) electrons. The minimum absolute atomic E-state index is 0.168. The van der Waals surface area contributed by atoms with Gasteiger partial charge in [-0.25, -0.2) is 0 Å². The summed E-state index contributed by atoms with van der Waals surface area (Å²) in [5.41, 5.74) is -0.242. The Morgan fingerprint density at radius 1 is 1.32 bits per heavy atom. The molecule has 1 nitrogen and oxygen atoms in total. The van der Waals surface area contributed by atoms with E-state index in [-0.39, 0.29) is 11.1 Å². The molecule has 0 heterocycles.